The Morgan fingerprint density at radius 2 is 1.51 bits per heavy atom. The normalized spacial score (nSPS) is 15.6. The Kier molecular flexibility index (Phi) is 8.32. The highest BCUT2D eigenvalue weighted by atomic mass is 16.6. The highest BCUT2D eigenvalue weighted by Gasteiger charge is 2.41. The van der Waals surface area contributed by atoms with Crippen LogP contribution in [0.15, 0.2) is 103 Å². The number of cyclic esters (lactones) is 1. The van der Waals surface area contributed by atoms with Crippen LogP contribution in [0.3, 0.4) is 0 Å². The third-order valence-corrected chi connectivity index (χ3v) is 7.22. The summed E-state index contributed by atoms with van der Waals surface area (Å²) in [6, 6.07) is 33.2. The maximum Gasteiger partial charge on any atom is 0.416 e. The van der Waals surface area contributed by atoms with Crippen LogP contribution >= 0.6 is 0 Å². The first-order valence-corrected chi connectivity index (χ1v) is 13.4. The molecule has 0 aromatic heterocycles. The predicted molar refractivity (Wildman–Crippen MR) is 151 cm³/mol. The molecule has 4 aromatic rings. The van der Waals surface area contributed by atoms with Crippen LogP contribution in [-0.2, 0) is 33.6 Å². The van der Waals surface area contributed by atoms with Gasteiger partial charge in [0.2, 0.25) is 11.8 Å². The molecule has 1 aliphatic heterocycles. The van der Waals surface area contributed by atoms with E-state index in [0.717, 1.165) is 27.5 Å². The Morgan fingerprint density at radius 3 is 2.28 bits per heavy atom. The van der Waals surface area contributed by atoms with Gasteiger partial charge < -0.3 is 10.1 Å². The SMILES string of the molecule is O=C(C[C@@H](Cc1cccc2ccccc12)C(=O)N1C(=O)OC[C@@H]1Cc1ccccc1)NCCc1ccccc1. The highest BCUT2D eigenvalue weighted by molar-refractivity contribution is 5.97. The first-order chi connectivity index (χ1) is 19.1. The molecule has 0 aliphatic carbocycles. The molecule has 4 aromatic carbocycles. The van der Waals surface area contributed by atoms with Crippen molar-refractivity contribution in [3.05, 3.63) is 120 Å². The molecular weight excluding hydrogens is 488 g/mol. The standard InChI is InChI=1S/C33H32N2O4/c36-31(34-19-18-24-10-3-1-4-11-24)22-28(21-27-16-9-15-26-14-7-8-17-30(26)27)32(37)35-29(23-39-33(35)38)20-25-12-5-2-6-13-25/h1-17,28-29H,18-23H2,(H,34,36)/t28-,29+/m1/s1. The van der Waals surface area contributed by atoms with Gasteiger partial charge in [0.15, 0.2) is 0 Å². The molecule has 2 atom stereocenters. The average molecular weight is 521 g/mol. The number of imide groups is 1. The van der Waals surface area contributed by atoms with Crippen LogP contribution in [0.2, 0.25) is 0 Å². The molecule has 1 fully saturated rings. The van der Waals surface area contributed by atoms with Crippen LogP contribution in [0.4, 0.5) is 4.79 Å². The van der Waals surface area contributed by atoms with E-state index in [1.807, 2.05) is 103 Å². The van der Waals surface area contributed by atoms with Crippen molar-refractivity contribution in [2.24, 2.45) is 5.92 Å². The summed E-state index contributed by atoms with van der Waals surface area (Å²) in [6.45, 7) is 0.615. The number of hydrogen-bond donors (Lipinski definition) is 1. The first-order valence-electron chi connectivity index (χ1n) is 13.4. The lowest BCUT2D eigenvalue weighted by Gasteiger charge is -2.25. The van der Waals surface area contributed by atoms with Crippen molar-refractivity contribution in [2.45, 2.75) is 31.7 Å². The molecule has 0 unspecified atom stereocenters. The second kappa shape index (κ2) is 12.4. The van der Waals surface area contributed by atoms with E-state index >= 15 is 0 Å². The molecule has 0 radical (unpaired) electrons. The molecule has 6 heteroatoms. The van der Waals surface area contributed by atoms with Crippen molar-refractivity contribution in [2.75, 3.05) is 13.2 Å². The van der Waals surface area contributed by atoms with Gasteiger partial charge in [-0.05, 0) is 46.7 Å². The largest absolute Gasteiger partial charge is 0.447 e. The number of nitrogens with one attached hydrogen (secondary N) is 1. The van der Waals surface area contributed by atoms with E-state index < -0.39 is 18.1 Å². The van der Waals surface area contributed by atoms with E-state index in [4.69, 9.17) is 4.74 Å². The Labute approximate surface area is 228 Å². The second-order valence-corrected chi connectivity index (χ2v) is 9.96. The van der Waals surface area contributed by atoms with Gasteiger partial charge in [0.1, 0.15) is 6.61 Å². The van der Waals surface area contributed by atoms with Crippen LogP contribution in [0, 0.1) is 5.92 Å². The summed E-state index contributed by atoms with van der Waals surface area (Å²) in [5.74, 6) is -1.29. The van der Waals surface area contributed by atoms with Crippen LogP contribution < -0.4 is 5.32 Å². The predicted octanol–water partition coefficient (Wildman–Crippen LogP) is 5.34. The molecule has 1 heterocycles. The minimum absolute atomic E-state index is 0.0152. The molecule has 1 N–H and O–H groups in total. The van der Waals surface area contributed by atoms with Crippen molar-refractivity contribution < 1.29 is 19.1 Å². The second-order valence-electron chi connectivity index (χ2n) is 9.96. The summed E-state index contributed by atoms with van der Waals surface area (Å²) in [7, 11) is 0. The fourth-order valence-corrected chi connectivity index (χ4v) is 5.23. The van der Waals surface area contributed by atoms with Gasteiger partial charge in [-0.15, -0.1) is 0 Å². The van der Waals surface area contributed by atoms with E-state index in [2.05, 4.69) is 5.32 Å². The van der Waals surface area contributed by atoms with Gasteiger partial charge in [-0.3, -0.25) is 9.59 Å². The lowest BCUT2D eigenvalue weighted by atomic mass is 9.90. The van der Waals surface area contributed by atoms with Crippen molar-refractivity contribution in [1.29, 1.82) is 0 Å². The maximum absolute atomic E-state index is 14.0. The van der Waals surface area contributed by atoms with Gasteiger partial charge in [0, 0.05) is 13.0 Å². The first kappa shape index (κ1) is 26.2. The summed E-state index contributed by atoms with van der Waals surface area (Å²) in [5, 5.41) is 5.07. The average Bonchev–Trinajstić information content (AvgIpc) is 3.33. The monoisotopic (exact) mass is 520 g/mol. The van der Waals surface area contributed by atoms with Gasteiger partial charge in [-0.2, -0.15) is 0 Å². The van der Waals surface area contributed by atoms with Crippen LogP contribution in [0.25, 0.3) is 10.8 Å². The molecule has 0 saturated carbocycles. The molecule has 198 valence electrons. The van der Waals surface area contributed by atoms with Gasteiger partial charge in [-0.25, -0.2) is 9.69 Å². The minimum atomic E-state index is -0.712. The van der Waals surface area contributed by atoms with Crippen molar-refractivity contribution >= 4 is 28.7 Å². The van der Waals surface area contributed by atoms with Gasteiger partial charge in [0.05, 0.1) is 12.0 Å². The van der Waals surface area contributed by atoms with Crippen LogP contribution in [0.5, 0.6) is 0 Å². The number of hydrogen-bond acceptors (Lipinski definition) is 4. The number of ether oxygens (including phenoxy) is 1. The molecule has 39 heavy (non-hydrogen) atoms. The summed E-state index contributed by atoms with van der Waals surface area (Å²) < 4.78 is 5.33. The lowest BCUT2D eigenvalue weighted by molar-refractivity contribution is -0.136. The summed E-state index contributed by atoms with van der Waals surface area (Å²) in [4.78, 5) is 41.1. The number of carbonyl (C=O) groups excluding carboxylic acids is 3. The molecule has 6 nitrogen and oxygen atoms in total. The van der Waals surface area contributed by atoms with Crippen LogP contribution in [-0.4, -0.2) is 42.0 Å². The van der Waals surface area contributed by atoms with E-state index in [1.165, 1.54) is 4.90 Å². The zero-order valence-corrected chi connectivity index (χ0v) is 21.8. The third-order valence-electron chi connectivity index (χ3n) is 7.22. The Bertz CT molecular complexity index is 1430. The van der Waals surface area contributed by atoms with E-state index in [9.17, 15) is 14.4 Å². The third kappa shape index (κ3) is 6.52. The number of amides is 3. The number of nitrogens with zero attached hydrogens (tertiary/aromatic N) is 1. The molecular formula is C33H32N2O4. The Morgan fingerprint density at radius 1 is 0.846 bits per heavy atom. The van der Waals surface area contributed by atoms with Crippen molar-refractivity contribution in [1.82, 2.24) is 10.2 Å². The maximum atomic E-state index is 14.0. The van der Waals surface area contributed by atoms with E-state index in [0.29, 0.717) is 25.8 Å². The fourth-order valence-electron chi connectivity index (χ4n) is 5.23. The van der Waals surface area contributed by atoms with Gasteiger partial charge in [0.25, 0.3) is 0 Å². The summed E-state index contributed by atoms with van der Waals surface area (Å²) in [6.07, 6.45) is 0.884. The lowest BCUT2D eigenvalue weighted by Crippen LogP contribution is -2.45. The Balaban J connectivity index is 1.35. The van der Waals surface area contributed by atoms with Crippen LogP contribution in [0.1, 0.15) is 23.1 Å². The minimum Gasteiger partial charge on any atom is -0.447 e. The highest BCUT2D eigenvalue weighted by Crippen LogP contribution is 2.27. The van der Waals surface area contributed by atoms with E-state index in [-0.39, 0.29) is 24.8 Å². The smallest absolute Gasteiger partial charge is 0.416 e. The molecule has 5 rings (SSSR count). The van der Waals surface area contributed by atoms with Crippen molar-refractivity contribution in [3.63, 3.8) is 0 Å². The number of rotatable bonds is 10. The summed E-state index contributed by atoms with van der Waals surface area (Å²) in [5.41, 5.74) is 3.11. The van der Waals surface area contributed by atoms with Gasteiger partial charge >= 0.3 is 6.09 Å². The molecule has 3 amide bonds. The molecule has 1 aliphatic rings. The molecule has 0 bridgehead atoms. The van der Waals surface area contributed by atoms with E-state index in [1.54, 1.807) is 0 Å². The van der Waals surface area contributed by atoms with Gasteiger partial charge in [-0.1, -0.05) is 103 Å². The van der Waals surface area contributed by atoms with Crippen molar-refractivity contribution in [3.8, 4) is 0 Å². The zero-order valence-electron chi connectivity index (χ0n) is 21.8. The summed E-state index contributed by atoms with van der Waals surface area (Å²) >= 11 is 0. The quantitative estimate of drug-likeness (QED) is 0.306. The topological polar surface area (TPSA) is 75.7 Å². The number of fused-ring (bicyclic) bond motifs is 1. The molecule has 0 spiro atoms. The number of benzene rings is 4. The number of carbonyl (C=O) groups is 3. The fraction of sp³-hybridized carbons (Fsp3) is 0.242. The Hall–Kier alpha value is -4.45. The zero-order chi connectivity index (χ0) is 27.0. The molecule has 1 saturated heterocycles.